The van der Waals surface area contributed by atoms with Gasteiger partial charge in [0.15, 0.2) is 0 Å². The molecule has 3 N–H and O–H groups in total. The van der Waals surface area contributed by atoms with E-state index in [0.717, 1.165) is 13.2 Å². The number of hydrogen-bond acceptors (Lipinski definition) is 6. The molecule has 0 saturated heterocycles. The van der Waals surface area contributed by atoms with Crippen LogP contribution in [0.15, 0.2) is 21.9 Å². The molecule has 1 aromatic rings. The van der Waals surface area contributed by atoms with Crippen LogP contribution >= 0.6 is 0 Å². The van der Waals surface area contributed by atoms with E-state index in [1.165, 1.54) is 7.05 Å². The Hall–Kier alpha value is -1.36. The van der Waals surface area contributed by atoms with Crippen LogP contribution in [0.3, 0.4) is 0 Å². The first-order valence-electron chi connectivity index (χ1n) is 4.46. The molecule has 0 bridgehead atoms. The van der Waals surface area contributed by atoms with E-state index in [4.69, 9.17) is 13.8 Å². The average molecular weight is 297 g/mol. The summed E-state index contributed by atoms with van der Waals surface area (Å²) in [7, 11) is -6.81. The van der Waals surface area contributed by atoms with Gasteiger partial charge in [-0.3, -0.25) is 9.11 Å². The second-order valence-corrected chi connectivity index (χ2v) is 5.98. The smallest absolute Gasteiger partial charge is 0.298 e. The zero-order valence-electron chi connectivity index (χ0n) is 9.41. The topological polar surface area (TPSA) is 130 Å². The highest BCUT2D eigenvalue weighted by molar-refractivity contribution is 7.86. The first-order valence-corrected chi connectivity index (χ1v) is 7.34. The standard InChI is InChI=1S/C8H11NO7S2/c1-9-5-3-6(16-2)8(18(13,14)15)4-7(5)17(10,11)12/h3-4,9H,1-2H3,(H,10,11,12)(H,13,14,15). The van der Waals surface area contributed by atoms with Gasteiger partial charge in [0.2, 0.25) is 0 Å². The van der Waals surface area contributed by atoms with Crippen LogP contribution in [0.5, 0.6) is 5.75 Å². The van der Waals surface area contributed by atoms with Crippen molar-refractivity contribution in [3.05, 3.63) is 12.1 Å². The SMILES string of the molecule is CNc1cc(OC)c(S(=O)(=O)O)cc1S(=O)(=O)O. The Morgan fingerprint density at radius 1 is 1.06 bits per heavy atom. The minimum absolute atomic E-state index is 0.0678. The third-order valence-corrected chi connectivity index (χ3v) is 3.86. The van der Waals surface area contributed by atoms with E-state index in [-0.39, 0.29) is 11.4 Å². The minimum Gasteiger partial charge on any atom is -0.495 e. The molecule has 0 unspecified atom stereocenters. The fraction of sp³-hybridized carbons (Fsp3) is 0.250. The van der Waals surface area contributed by atoms with Crippen LogP contribution in [0, 0.1) is 0 Å². The highest BCUT2D eigenvalue weighted by atomic mass is 32.2. The third-order valence-electron chi connectivity index (χ3n) is 2.09. The summed E-state index contributed by atoms with van der Waals surface area (Å²) >= 11 is 0. The van der Waals surface area contributed by atoms with Crippen LogP contribution in [-0.2, 0) is 20.2 Å². The van der Waals surface area contributed by atoms with Crippen LogP contribution < -0.4 is 10.1 Å². The van der Waals surface area contributed by atoms with Gasteiger partial charge in [-0.15, -0.1) is 0 Å². The summed E-state index contributed by atoms with van der Waals surface area (Å²) < 4.78 is 67.0. The number of anilines is 1. The lowest BCUT2D eigenvalue weighted by molar-refractivity contribution is 0.397. The molecule has 10 heteroatoms. The number of ether oxygens (including phenoxy) is 1. The number of methoxy groups -OCH3 is 1. The molecule has 0 atom stereocenters. The second-order valence-electron chi connectivity index (χ2n) is 3.20. The van der Waals surface area contributed by atoms with Crippen molar-refractivity contribution in [1.82, 2.24) is 0 Å². The Morgan fingerprint density at radius 2 is 1.56 bits per heavy atom. The lowest BCUT2D eigenvalue weighted by atomic mass is 10.3. The van der Waals surface area contributed by atoms with Crippen molar-refractivity contribution in [3.8, 4) is 5.75 Å². The lowest BCUT2D eigenvalue weighted by Gasteiger charge is -2.12. The van der Waals surface area contributed by atoms with Gasteiger partial charge in [0, 0.05) is 13.1 Å². The monoisotopic (exact) mass is 297 g/mol. The molecule has 1 rings (SSSR count). The molecule has 0 aliphatic rings. The summed E-state index contributed by atoms with van der Waals surface area (Å²) in [5, 5.41) is 2.46. The van der Waals surface area contributed by atoms with Gasteiger partial charge in [-0.2, -0.15) is 16.8 Å². The quantitative estimate of drug-likeness (QED) is 0.673. The molecule has 1 aromatic carbocycles. The van der Waals surface area contributed by atoms with Crippen molar-refractivity contribution < 1.29 is 30.7 Å². The first-order chi connectivity index (χ1) is 8.11. The van der Waals surface area contributed by atoms with Gasteiger partial charge in [0.25, 0.3) is 20.2 Å². The van der Waals surface area contributed by atoms with Gasteiger partial charge in [0.05, 0.1) is 12.8 Å². The van der Waals surface area contributed by atoms with E-state index in [2.05, 4.69) is 5.32 Å². The zero-order valence-corrected chi connectivity index (χ0v) is 11.0. The molecule has 0 saturated carbocycles. The van der Waals surface area contributed by atoms with E-state index >= 15 is 0 Å². The molecule has 0 fully saturated rings. The fourth-order valence-electron chi connectivity index (χ4n) is 1.31. The maximum atomic E-state index is 11.1. The molecule has 0 aromatic heterocycles. The largest absolute Gasteiger partial charge is 0.495 e. The highest BCUT2D eigenvalue weighted by Crippen LogP contribution is 2.32. The molecular weight excluding hydrogens is 286 g/mol. The predicted molar refractivity (Wildman–Crippen MR) is 62.2 cm³/mol. The Kier molecular flexibility index (Phi) is 3.86. The van der Waals surface area contributed by atoms with Crippen LogP contribution in [0.2, 0.25) is 0 Å². The normalized spacial score (nSPS) is 12.2. The number of benzene rings is 1. The van der Waals surface area contributed by atoms with Crippen LogP contribution in [0.4, 0.5) is 5.69 Å². The maximum Gasteiger partial charge on any atom is 0.298 e. The zero-order chi connectivity index (χ0) is 14.1. The van der Waals surface area contributed by atoms with Crippen molar-refractivity contribution in [1.29, 1.82) is 0 Å². The molecular formula is C8H11NO7S2. The molecule has 0 heterocycles. The van der Waals surface area contributed by atoms with Gasteiger partial charge >= 0.3 is 0 Å². The Bertz CT molecular complexity index is 608. The third kappa shape index (κ3) is 2.90. The summed E-state index contributed by atoms with van der Waals surface area (Å²) in [4.78, 5) is -1.44. The molecule has 102 valence electrons. The Morgan fingerprint density at radius 3 is 1.89 bits per heavy atom. The number of hydrogen-bond donors (Lipinski definition) is 3. The van der Waals surface area contributed by atoms with Gasteiger partial charge in [-0.25, -0.2) is 0 Å². The molecule has 0 aliphatic heterocycles. The minimum atomic E-state index is -4.68. The molecule has 0 radical (unpaired) electrons. The Balaban J connectivity index is 3.76. The average Bonchev–Trinajstić information content (AvgIpc) is 2.24. The summed E-state index contributed by atoms with van der Waals surface area (Å²) in [5.74, 6) is -0.255. The van der Waals surface area contributed by atoms with Gasteiger partial charge < -0.3 is 10.1 Å². The van der Waals surface area contributed by atoms with Crippen LogP contribution in [-0.4, -0.2) is 40.1 Å². The predicted octanol–water partition coefficient (Wildman–Crippen LogP) is 0.230. The number of rotatable bonds is 4. The van der Waals surface area contributed by atoms with E-state index in [0.29, 0.717) is 6.07 Å². The van der Waals surface area contributed by atoms with Crippen LogP contribution in [0.25, 0.3) is 0 Å². The first kappa shape index (κ1) is 14.7. The van der Waals surface area contributed by atoms with Crippen molar-refractivity contribution in [2.75, 3.05) is 19.5 Å². The van der Waals surface area contributed by atoms with E-state index in [1.54, 1.807) is 0 Å². The van der Waals surface area contributed by atoms with Crippen molar-refractivity contribution in [3.63, 3.8) is 0 Å². The molecule has 18 heavy (non-hydrogen) atoms. The van der Waals surface area contributed by atoms with Crippen molar-refractivity contribution >= 4 is 25.9 Å². The van der Waals surface area contributed by atoms with Gasteiger partial charge in [-0.05, 0) is 6.07 Å². The van der Waals surface area contributed by atoms with E-state index < -0.39 is 30.0 Å². The van der Waals surface area contributed by atoms with E-state index in [1.807, 2.05) is 0 Å². The Labute approximate surface area is 104 Å². The van der Waals surface area contributed by atoms with Gasteiger partial charge in [0.1, 0.15) is 15.5 Å². The molecule has 8 nitrogen and oxygen atoms in total. The number of nitrogens with one attached hydrogen (secondary N) is 1. The lowest BCUT2D eigenvalue weighted by Crippen LogP contribution is -2.08. The second kappa shape index (κ2) is 4.72. The van der Waals surface area contributed by atoms with Gasteiger partial charge in [-0.1, -0.05) is 0 Å². The summed E-state index contributed by atoms with van der Waals surface area (Å²) in [5.41, 5.74) is -0.0678. The molecule has 0 amide bonds. The van der Waals surface area contributed by atoms with Crippen molar-refractivity contribution in [2.24, 2.45) is 0 Å². The summed E-state index contributed by atoms with van der Waals surface area (Å²) in [6.07, 6.45) is 0. The highest BCUT2D eigenvalue weighted by Gasteiger charge is 2.24. The van der Waals surface area contributed by atoms with Crippen LogP contribution in [0.1, 0.15) is 0 Å². The summed E-state index contributed by atoms with van der Waals surface area (Å²) in [6, 6.07) is 1.64. The summed E-state index contributed by atoms with van der Waals surface area (Å²) in [6.45, 7) is 0. The molecule has 0 spiro atoms. The molecule has 0 aliphatic carbocycles. The fourth-order valence-corrected chi connectivity index (χ4v) is 2.75. The maximum absolute atomic E-state index is 11.1. The van der Waals surface area contributed by atoms with E-state index in [9.17, 15) is 16.8 Å². The van der Waals surface area contributed by atoms with Crippen molar-refractivity contribution in [2.45, 2.75) is 9.79 Å².